The molecular formula is C11H13ClN2O2S. The van der Waals surface area contributed by atoms with Crippen LogP contribution in [0.3, 0.4) is 0 Å². The zero-order chi connectivity index (χ0) is 12.8. The normalized spacial score (nSPS) is 12.5. The van der Waals surface area contributed by atoms with E-state index in [2.05, 4.69) is 4.98 Å². The molecule has 0 aliphatic rings. The van der Waals surface area contributed by atoms with Crippen molar-refractivity contribution in [3.05, 3.63) is 29.7 Å². The van der Waals surface area contributed by atoms with Gasteiger partial charge in [-0.2, -0.15) is 0 Å². The van der Waals surface area contributed by atoms with E-state index in [0.29, 0.717) is 11.3 Å². The van der Waals surface area contributed by atoms with Crippen LogP contribution in [-0.4, -0.2) is 17.8 Å². The van der Waals surface area contributed by atoms with E-state index in [4.69, 9.17) is 10.7 Å². The van der Waals surface area contributed by atoms with Gasteiger partial charge in [-0.05, 0) is 18.6 Å². The molecular weight excluding hydrogens is 260 g/mol. The first-order chi connectivity index (χ1) is 7.82. The monoisotopic (exact) mass is 272 g/mol. The molecule has 0 bridgehead atoms. The molecule has 17 heavy (non-hydrogen) atoms. The Labute approximate surface area is 105 Å². The first-order valence-electron chi connectivity index (χ1n) is 5.24. The minimum atomic E-state index is -3.82. The standard InChI is InChI=1S/C11H13ClN2O2S/c1-7(2)10-13-11(17(12,15)16)9-8(3)5-4-6-14(9)10/h4-7H,1-3H3. The van der Waals surface area contributed by atoms with Gasteiger partial charge in [0.25, 0.3) is 9.05 Å². The molecule has 0 saturated carbocycles. The predicted molar refractivity (Wildman–Crippen MR) is 67.1 cm³/mol. The summed E-state index contributed by atoms with van der Waals surface area (Å²) >= 11 is 0. The number of aryl methyl sites for hydroxylation is 1. The second kappa shape index (κ2) is 3.99. The summed E-state index contributed by atoms with van der Waals surface area (Å²) in [4.78, 5) is 4.16. The van der Waals surface area contributed by atoms with Gasteiger partial charge in [-0.15, -0.1) is 0 Å². The largest absolute Gasteiger partial charge is 0.302 e. The Balaban J connectivity index is 2.96. The van der Waals surface area contributed by atoms with Crippen molar-refractivity contribution in [3.63, 3.8) is 0 Å². The molecule has 0 fully saturated rings. The highest BCUT2D eigenvalue weighted by Crippen LogP contribution is 2.27. The summed E-state index contributed by atoms with van der Waals surface area (Å²) in [5.41, 5.74) is 1.40. The van der Waals surface area contributed by atoms with Crippen molar-refractivity contribution in [2.45, 2.75) is 31.7 Å². The number of halogens is 1. The number of aromatic nitrogens is 2. The van der Waals surface area contributed by atoms with Crippen molar-refractivity contribution >= 4 is 25.2 Å². The van der Waals surface area contributed by atoms with Crippen molar-refractivity contribution in [3.8, 4) is 0 Å². The highest BCUT2D eigenvalue weighted by molar-refractivity contribution is 8.13. The lowest BCUT2D eigenvalue weighted by Gasteiger charge is -2.04. The van der Waals surface area contributed by atoms with E-state index in [1.54, 1.807) is 10.6 Å². The smallest absolute Gasteiger partial charge is 0.280 e. The van der Waals surface area contributed by atoms with Crippen molar-refractivity contribution < 1.29 is 8.42 Å². The van der Waals surface area contributed by atoms with Crippen LogP contribution < -0.4 is 0 Å². The van der Waals surface area contributed by atoms with Crippen LogP contribution in [0, 0.1) is 6.92 Å². The van der Waals surface area contributed by atoms with Crippen LogP contribution in [0.4, 0.5) is 0 Å². The van der Waals surface area contributed by atoms with E-state index in [0.717, 1.165) is 5.56 Å². The van der Waals surface area contributed by atoms with E-state index in [1.165, 1.54) is 0 Å². The number of pyridine rings is 1. The van der Waals surface area contributed by atoms with Crippen molar-refractivity contribution in [1.29, 1.82) is 0 Å². The summed E-state index contributed by atoms with van der Waals surface area (Å²) in [5, 5.41) is -0.0547. The van der Waals surface area contributed by atoms with Gasteiger partial charge in [-0.3, -0.25) is 0 Å². The summed E-state index contributed by atoms with van der Waals surface area (Å²) in [6, 6.07) is 3.70. The van der Waals surface area contributed by atoms with Crippen LogP contribution >= 0.6 is 10.7 Å². The molecule has 2 aromatic rings. The van der Waals surface area contributed by atoms with Crippen LogP contribution in [0.2, 0.25) is 0 Å². The lowest BCUT2D eigenvalue weighted by atomic mass is 10.2. The Kier molecular flexibility index (Phi) is 2.91. The van der Waals surface area contributed by atoms with Crippen molar-refractivity contribution in [2.24, 2.45) is 0 Å². The van der Waals surface area contributed by atoms with E-state index in [9.17, 15) is 8.42 Å². The Morgan fingerprint density at radius 1 is 1.41 bits per heavy atom. The number of rotatable bonds is 2. The maximum absolute atomic E-state index is 11.5. The fraction of sp³-hybridized carbons (Fsp3) is 0.364. The second-order valence-electron chi connectivity index (χ2n) is 4.28. The van der Waals surface area contributed by atoms with Gasteiger partial charge in [0.1, 0.15) is 5.82 Å². The average Bonchev–Trinajstić information content (AvgIpc) is 2.57. The second-order valence-corrected chi connectivity index (χ2v) is 6.76. The summed E-state index contributed by atoms with van der Waals surface area (Å²) in [6.45, 7) is 5.76. The highest BCUT2D eigenvalue weighted by atomic mass is 35.7. The molecule has 0 saturated heterocycles. The average molecular weight is 273 g/mol. The predicted octanol–water partition coefficient (Wildman–Crippen LogP) is 2.69. The molecule has 0 radical (unpaired) electrons. The molecule has 2 aromatic heterocycles. The van der Waals surface area contributed by atoms with Crippen LogP contribution in [-0.2, 0) is 9.05 Å². The van der Waals surface area contributed by atoms with Gasteiger partial charge in [0.05, 0.1) is 5.52 Å². The minimum absolute atomic E-state index is 0.0547. The minimum Gasteiger partial charge on any atom is -0.302 e. The molecule has 0 aromatic carbocycles. The third-order valence-electron chi connectivity index (χ3n) is 2.61. The summed E-state index contributed by atoms with van der Waals surface area (Å²) < 4.78 is 24.8. The third kappa shape index (κ3) is 2.05. The number of nitrogens with zero attached hydrogens (tertiary/aromatic N) is 2. The maximum atomic E-state index is 11.5. The fourth-order valence-electron chi connectivity index (χ4n) is 1.87. The molecule has 0 spiro atoms. The number of fused-ring (bicyclic) bond motifs is 1. The Hall–Kier alpha value is -1.07. The van der Waals surface area contributed by atoms with Crippen LogP contribution in [0.1, 0.15) is 31.2 Å². The lowest BCUT2D eigenvalue weighted by molar-refractivity contribution is 0.607. The molecule has 0 atom stereocenters. The molecule has 0 amide bonds. The number of imidazole rings is 1. The molecule has 92 valence electrons. The Morgan fingerprint density at radius 3 is 2.59 bits per heavy atom. The SMILES string of the molecule is Cc1cccn2c(C(C)C)nc(S(=O)(=O)Cl)c12. The Bertz CT molecular complexity index is 674. The van der Waals surface area contributed by atoms with Gasteiger partial charge in [-0.25, -0.2) is 13.4 Å². The molecule has 0 aliphatic heterocycles. The highest BCUT2D eigenvalue weighted by Gasteiger charge is 2.23. The zero-order valence-electron chi connectivity index (χ0n) is 9.81. The molecule has 0 unspecified atom stereocenters. The molecule has 4 nitrogen and oxygen atoms in total. The Morgan fingerprint density at radius 2 is 2.06 bits per heavy atom. The molecule has 0 N–H and O–H groups in total. The fourth-order valence-corrected chi connectivity index (χ4v) is 2.88. The molecule has 0 aliphatic carbocycles. The molecule has 6 heteroatoms. The lowest BCUT2D eigenvalue weighted by Crippen LogP contribution is -1.96. The summed E-state index contributed by atoms with van der Waals surface area (Å²) in [5.74, 6) is 0.819. The third-order valence-corrected chi connectivity index (χ3v) is 3.79. The summed E-state index contributed by atoms with van der Waals surface area (Å²) in [6.07, 6.45) is 1.80. The van der Waals surface area contributed by atoms with Crippen molar-refractivity contribution in [2.75, 3.05) is 0 Å². The molecule has 2 heterocycles. The van der Waals surface area contributed by atoms with E-state index in [1.807, 2.05) is 32.9 Å². The van der Waals surface area contributed by atoms with E-state index in [-0.39, 0.29) is 10.9 Å². The topological polar surface area (TPSA) is 51.4 Å². The van der Waals surface area contributed by atoms with Gasteiger partial charge < -0.3 is 4.40 Å². The number of hydrogen-bond acceptors (Lipinski definition) is 3. The zero-order valence-corrected chi connectivity index (χ0v) is 11.4. The first kappa shape index (κ1) is 12.4. The number of hydrogen-bond donors (Lipinski definition) is 0. The van der Waals surface area contributed by atoms with E-state index >= 15 is 0 Å². The van der Waals surface area contributed by atoms with Crippen molar-refractivity contribution in [1.82, 2.24) is 9.38 Å². The maximum Gasteiger partial charge on any atom is 0.280 e. The molecule has 2 rings (SSSR count). The van der Waals surface area contributed by atoms with Gasteiger partial charge >= 0.3 is 0 Å². The van der Waals surface area contributed by atoms with Crippen LogP contribution in [0.25, 0.3) is 5.52 Å². The van der Waals surface area contributed by atoms with Crippen LogP contribution in [0.5, 0.6) is 0 Å². The van der Waals surface area contributed by atoms with Gasteiger partial charge in [0.15, 0.2) is 5.03 Å². The van der Waals surface area contributed by atoms with Gasteiger partial charge in [-0.1, -0.05) is 19.9 Å². The first-order valence-corrected chi connectivity index (χ1v) is 7.55. The van der Waals surface area contributed by atoms with Gasteiger partial charge in [0.2, 0.25) is 0 Å². The quantitative estimate of drug-likeness (QED) is 0.790. The van der Waals surface area contributed by atoms with Gasteiger partial charge in [0, 0.05) is 22.8 Å². The van der Waals surface area contributed by atoms with Crippen LogP contribution in [0.15, 0.2) is 23.4 Å². The summed E-state index contributed by atoms with van der Waals surface area (Å²) in [7, 11) is 1.60. The van der Waals surface area contributed by atoms with E-state index < -0.39 is 9.05 Å².